The quantitative estimate of drug-likeness (QED) is 0.621. The van der Waals surface area contributed by atoms with E-state index in [0.29, 0.717) is 13.0 Å². The van der Waals surface area contributed by atoms with Gasteiger partial charge in [0.05, 0.1) is 0 Å². The molecule has 7 nitrogen and oxygen atoms in total. The average Bonchev–Trinajstić information content (AvgIpc) is 2.50. The molecule has 1 atom stereocenters. The van der Waals surface area contributed by atoms with Crippen LogP contribution in [0.2, 0.25) is 0 Å². The van der Waals surface area contributed by atoms with E-state index in [9.17, 15) is 14.4 Å². The smallest absolute Gasteiger partial charge is 0.329 e. The van der Waals surface area contributed by atoms with E-state index < -0.39 is 30.6 Å². The molecule has 132 valence electrons. The topological polar surface area (TPSA) is 111 Å². The Morgan fingerprint density at radius 2 is 1.79 bits per heavy atom. The van der Waals surface area contributed by atoms with Crippen molar-refractivity contribution in [2.75, 3.05) is 6.61 Å². The SMILES string of the molecule is Cc1ccc(CNC(=O)COC(=O)[C@@H](CC(C)C)NC(N)=O)cc1. The van der Waals surface area contributed by atoms with Crippen LogP contribution >= 0.6 is 0 Å². The lowest BCUT2D eigenvalue weighted by molar-refractivity contribution is -0.150. The van der Waals surface area contributed by atoms with Gasteiger partial charge in [0, 0.05) is 6.54 Å². The van der Waals surface area contributed by atoms with Gasteiger partial charge in [0.15, 0.2) is 6.61 Å². The van der Waals surface area contributed by atoms with Gasteiger partial charge < -0.3 is 21.1 Å². The number of hydrogen-bond acceptors (Lipinski definition) is 4. The highest BCUT2D eigenvalue weighted by Crippen LogP contribution is 2.06. The zero-order valence-electron chi connectivity index (χ0n) is 14.3. The Balaban J connectivity index is 2.41. The van der Waals surface area contributed by atoms with Crippen molar-refractivity contribution in [3.05, 3.63) is 35.4 Å². The van der Waals surface area contributed by atoms with Crippen LogP contribution in [-0.4, -0.2) is 30.6 Å². The van der Waals surface area contributed by atoms with Crippen molar-refractivity contribution in [1.82, 2.24) is 10.6 Å². The van der Waals surface area contributed by atoms with E-state index >= 15 is 0 Å². The first-order valence-corrected chi connectivity index (χ1v) is 7.82. The van der Waals surface area contributed by atoms with Gasteiger partial charge in [0.2, 0.25) is 0 Å². The fraction of sp³-hybridized carbons (Fsp3) is 0.471. The number of urea groups is 1. The van der Waals surface area contributed by atoms with Gasteiger partial charge in [-0.3, -0.25) is 4.79 Å². The highest BCUT2D eigenvalue weighted by molar-refractivity contribution is 5.85. The first-order chi connectivity index (χ1) is 11.3. The lowest BCUT2D eigenvalue weighted by Crippen LogP contribution is -2.45. The highest BCUT2D eigenvalue weighted by atomic mass is 16.5. The van der Waals surface area contributed by atoms with Crippen LogP contribution in [-0.2, 0) is 20.9 Å². The largest absolute Gasteiger partial charge is 0.454 e. The predicted octanol–water partition coefficient (Wildman–Crippen LogP) is 1.24. The number of carbonyl (C=O) groups excluding carboxylic acids is 3. The monoisotopic (exact) mass is 335 g/mol. The molecule has 3 amide bonds. The lowest BCUT2D eigenvalue weighted by atomic mass is 10.0. The van der Waals surface area contributed by atoms with E-state index in [2.05, 4.69) is 10.6 Å². The van der Waals surface area contributed by atoms with Crippen LogP contribution < -0.4 is 16.4 Å². The number of benzene rings is 1. The Labute approximate surface area is 141 Å². The maximum atomic E-state index is 12.0. The molecule has 0 heterocycles. The molecule has 1 rings (SSSR count). The molecular weight excluding hydrogens is 310 g/mol. The molecule has 1 aromatic carbocycles. The number of aryl methyl sites for hydroxylation is 1. The van der Waals surface area contributed by atoms with E-state index in [1.807, 2.05) is 45.0 Å². The van der Waals surface area contributed by atoms with Crippen LogP contribution in [0.5, 0.6) is 0 Å². The molecule has 0 unspecified atom stereocenters. The second-order valence-electron chi connectivity index (χ2n) is 6.06. The third kappa shape index (κ3) is 7.62. The molecule has 0 saturated heterocycles. The zero-order chi connectivity index (χ0) is 18.1. The second kappa shape index (κ2) is 9.54. The van der Waals surface area contributed by atoms with E-state index in [1.54, 1.807) is 0 Å². The minimum atomic E-state index is -0.854. The molecule has 0 spiro atoms. The number of rotatable bonds is 8. The van der Waals surface area contributed by atoms with E-state index in [4.69, 9.17) is 10.5 Å². The highest BCUT2D eigenvalue weighted by Gasteiger charge is 2.23. The Morgan fingerprint density at radius 3 is 2.33 bits per heavy atom. The van der Waals surface area contributed by atoms with Crippen molar-refractivity contribution in [3.63, 3.8) is 0 Å². The van der Waals surface area contributed by atoms with Gasteiger partial charge in [-0.1, -0.05) is 43.7 Å². The number of hydrogen-bond donors (Lipinski definition) is 3. The number of ether oxygens (including phenoxy) is 1. The Morgan fingerprint density at radius 1 is 1.17 bits per heavy atom. The summed E-state index contributed by atoms with van der Waals surface area (Å²) in [7, 11) is 0. The van der Waals surface area contributed by atoms with E-state index in [0.717, 1.165) is 11.1 Å². The first-order valence-electron chi connectivity index (χ1n) is 7.82. The summed E-state index contributed by atoms with van der Waals surface area (Å²) in [6, 6.07) is 6.07. The van der Waals surface area contributed by atoms with Crippen molar-refractivity contribution >= 4 is 17.9 Å². The molecule has 0 aliphatic heterocycles. The van der Waals surface area contributed by atoms with Crippen LogP contribution in [0, 0.1) is 12.8 Å². The van der Waals surface area contributed by atoms with Gasteiger partial charge >= 0.3 is 12.0 Å². The van der Waals surface area contributed by atoms with Crippen molar-refractivity contribution in [2.45, 2.75) is 39.8 Å². The number of nitrogens with two attached hydrogens (primary N) is 1. The average molecular weight is 335 g/mol. The summed E-state index contributed by atoms with van der Waals surface area (Å²) < 4.78 is 4.95. The third-order valence-electron chi connectivity index (χ3n) is 3.26. The molecule has 0 aromatic heterocycles. The fourth-order valence-electron chi connectivity index (χ4n) is 2.05. The summed E-state index contributed by atoms with van der Waals surface area (Å²) in [5.74, 6) is -0.927. The summed E-state index contributed by atoms with van der Waals surface area (Å²) in [6.07, 6.45) is 0.382. The minimum Gasteiger partial charge on any atom is -0.454 e. The number of carbonyl (C=O) groups is 3. The zero-order valence-corrected chi connectivity index (χ0v) is 14.3. The van der Waals surface area contributed by atoms with Gasteiger partial charge in [0.1, 0.15) is 6.04 Å². The van der Waals surface area contributed by atoms with Gasteiger partial charge in [-0.25, -0.2) is 9.59 Å². The van der Waals surface area contributed by atoms with Crippen molar-refractivity contribution in [3.8, 4) is 0 Å². The first kappa shape index (κ1) is 19.5. The summed E-state index contributed by atoms with van der Waals surface area (Å²) in [6.45, 7) is 5.73. The molecule has 24 heavy (non-hydrogen) atoms. The number of amides is 3. The van der Waals surface area contributed by atoms with Gasteiger partial charge in [-0.15, -0.1) is 0 Å². The molecule has 4 N–H and O–H groups in total. The van der Waals surface area contributed by atoms with E-state index in [-0.39, 0.29) is 5.92 Å². The number of esters is 1. The summed E-state index contributed by atoms with van der Waals surface area (Å²) in [5, 5.41) is 5.00. The van der Waals surface area contributed by atoms with Crippen LogP contribution in [0.3, 0.4) is 0 Å². The van der Waals surface area contributed by atoms with Crippen LogP contribution in [0.1, 0.15) is 31.4 Å². The molecule has 7 heteroatoms. The van der Waals surface area contributed by atoms with Gasteiger partial charge in [-0.05, 0) is 24.8 Å². The number of primary amides is 1. The molecule has 0 aliphatic rings. The Hall–Kier alpha value is -2.57. The standard InChI is InChI=1S/C17H25N3O4/c1-11(2)8-14(20-17(18)23)16(22)24-10-15(21)19-9-13-6-4-12(3)5-7-13/h4-7,11,14H,8-10H2,1-3H3,(H,19,21)(H3,18,20,23)/t14-/m1/s1. The molecular formula is C17H25N3O4. The lowest BCUT2D eigenvalue weighted by Gasteiger charge is -2.18. The summed E-state index contributed by atoms with van der Waals surface area (Å²) >= 11 is 0. The molecule has 0 saturated carbocycles. The molecule has 0 bridgehead atoms. The van der Waals surface area contributed by atoms with Crippen molar-refractivity contribution in [2.24, 2.45) is 11.7 Å². The van der Waals surface area contributed by atoms with Crippen molar-refractivity contribution < 1.29 is 19.1 Å². The minimum absolute atomic E-state index is 0.157. The van der Waals surface area contributed by atoms with Crippen LogP contribution in [0.25, 0.3) is 0 Å². The van der Waals surface area contributed by atoms with E-state index in [1.165, 1.54) is 0 Å². The normalized spacial score (nSPS) is 11.7. The van der Waals surface area contributed by atoms with Crippen LogP contribution in [0.4, 0.5) is 4.79 Å². The molecule has 0 radical (unpaired) electrons. The van der Waals surface area contributed by atoms with Crippen LogP contribution in [0.15, 0.2) is 24.3 Å². The third-order valence-corrected chi connectivity index (χ3v) is 3.26. The molecule has 0 fully saturated rings. The summed E-state index contributed by atoms with van der Waals surface area (Å²) in [5.41, 5.74) is 7.14. The maximum Gasteiger partial charge on any atom is 0.329 e. The number of nitrogens with one attached hydrogen (secondary N) is 2. The summed E-state index contributed by atoms with van der Waals surface area (Å²) in [4.78, 5) is 34.7. The molecule has 0 aliphatic carbocycles. The van der Waals surface area contributed by atoms with Gasteiger partial charge in [0.25, 0.3) is 5.91 Å². The predicted molar refractivity (Wildman–Crippen MR) is 89.9 cm³/mol. The molecule has 1 aromatic rings. The second-order valence-corrected chi connectivity index (χ2v) is 6.06. The van der Waals surface area contributed by atoms with Crippen molar-refractivity contribution in [1.29, 1.82) is 0 Å². The Bertz CT molecular complexity index is 570. The Kier molecular flexibility index (Phi) is 7.74. The van der Waals surface area contributed by atoms with Gasteiger partial charge in [-0.2, -0.15) is 0 Å². The maximum absolute atomic E-state index is 12.0. The fourth-order valence-corrected chi connectivity index (χ4v) is 2.05.